The van der Waals surface area contributed by atoms with Crippen molar-refractivity contribution in [2.24, 2.45) is 0 Å². The van der Waals surface area contributed by atoms with E-state index in [0.717, 1.165) is 64.2 Å². The number of esters is 1. The van der Waals surface area contributed by atoms with E-state index in [0.29, 0.717) is 19.3 Å². The predicted molar refractivity (Wildman–Crippen MR) is 324 cm³/mol. The molecule has 0 aliphatic carbocycles. The Morgan fingerprint density at radius 3 is 1.36 bits per heavy atom. The van der Waals surface area contributed by atoms with Gasteiger partial charge in [-0.05, 0) is 89.9 Å². The fraction of sp³-hybridized carbons (Fsp3) is 0.791. The molecule has 1 fully saturated rings. The Kier molecular flexibility index (Phi) is 51.3. The van der Waals surface area contributed by atoms with Gasteiger partial charge in [-0.25, -0.2) is 0 Å². The smallest absolute Gasteiger partial charge is 0.306 e. The topological polar surface area (TPSA) is 175 Å². The second-order valence-corrected chi connectivity index (χ2v) is 22.1. The molecule has 78 heavy (non-hydrogen) atoms. The molecular weight excluding hydrogens is 979 g/mol. The molecule has 1 heterocycles. The Bertz CT molecular complexity index is 1540. The van der Waals surface area contributed by atoms with Crippen molar-refractivity contribution >= 4 is 11.9 Å². The second-order valence-electron chi connectivity index (χ2n) is 22.1. The molecule has 0 bridgehead atoms. The highest BCUT2D eigenvalue weighted by Gasteiger charge is 2.47. The third kappa shape index (κ3) is 42.0. The van der Waals surface area contributed by atoms with E-state index in [4.69, 9.17) is 14.2 Å². The molecule has 1 aliphatic heterocycles. The van der Waals surface area contributed by atoms with Gasteiger partial charge in [0.25, 0.3) is 0 Å². The first kappa shape index (κ1) is 73.1. The van der Waals surface area contributed by atoms with Crippen LogP contribution < -0.4 is 5.32 Å². The van der Waals surface area contributed by atoms with Crippen LogP contribution in [0.2, 0.25) is 0 Å². The third-order valence-corrected chi connectivity index (χ3v) is 14.8. The molecule has 452 valence electrons. The van der Waals surface area contributed by atoms with Crippen molar-refractivity contribution in [2.45, 2.75) is 327 Å². The van der Waals surface area contributed by atoms with Gasteiger partial charge in [-0.2, -0.15) is 0 Å². The summed E-state index contributed by atoms with van der Waals surface area (Å²) in [4.78, 5) is 26.5. The van der Waals surface area contributed by atoms with Gasteiger partial charge in [0.15, 0.2) is 12.4 Å². The molecule has 11 heteroatoms. The molecule has 8 unspecified atom stereocenters. The summed E-state index contributed by atoms with van der Waals surface area (Å²) in [6.45, 7) is 5.74. The summed E-state index contributed by atoms with van der Waals surface area (Å²) in [6, 6.07) is -1.04. The summed E-state index contributed by atoms with van der Waals surface area (Å²) < 4.78 is 17.6. The van der Waals surface area contributed by atoms with Gasteiger partial charge in [-0.1, -0.05) is 254 Å². The minimum atomic E-state index is -1.64. The summed E-state index contributed by atoms with van der Waals surface area (Å²) in [7, 11) is 0. The minimum absolute atomic E-state index is 0.0461. The Labute approximate surface area is 477 Å². The molecular formula is C67H119NO10. The molecule has 1 aliphatic rings. The SMILES string of the molecule is CCCCC/C=C\C/C=C\C/C=C\C/C=C\CCCC(=O)OC1C(OCC(NC(=O)C(O)CCCCCCCCCCCC/C=C/CCCCCCCC)C(O)/C=C/CCCCCCCCCCCC)OC(CO)C(O)C1O. The highest BCUT2D eigenvalue weighted by molar-refractivity contribution is 5.80. The lowest BCUT2D eigenvalue weighted by atomic mass is 9.99. The number of carbonyl (C=O) groups excluding carboxylic acids is 2. The molecule has 0 saturated carbocycles. The van der Waals surface area contributed by atoms with Crippen molar-refractivity contribution in [1.29, 1.82) is 0 Å². The first-order valence-electron chi connectivity index (χ1n) is 32.2. The zero-order valence-electron chi connectivity index (χ0n) is 50.0. The average Bonchev–Trinajstić information content (AvgIpc) is 3.45. The van der Waals surface area contributed by atoms with Crippen molar-refractivity contribution in [3.63, 3.8) is 0 Å². The molecule has 6 N–H and O–H groups in total. The maximum Gasteiger partial charge on any atom is 0.306 e. The largest absolute Gasteiger partial charge is 0.454 e. The van der Waals surface area contributed by atoms with Gasteiger partial charge in [0, 0.05) is 6.42 Å². The van der Waals surface area contributed by atoms with Crippen LogP contribution in [0.15, 0.2) is 72.9 Å². The zero-order valence-corrected chi connectivity index (χ0v) is 50.0. The number of nitrogens with one attached hydrogen (secondary N) is 1. The highest BCUT2D eigenvalue weighted by Crippen LogP contribution is 2.26. The second kappa shape index (κ2) is 54.7. The van der Waals surface area contributed by atoms with E-state index in [1.54, 1.807) is 6.08 Å². The summed E-state index contributed by atoms with van der Waals surface area (Å²) in [5.74, 6) is -1.25. The number of amides is 1. The Morgan fingerprint density at radius 1 is 0.500 bits per heavy atom. The molecule has 11 nitrogen and oxygen atoms in total. The number of aliphatic hydroxyl groups is 5. The highest BCUT2D eigenvalue weighted by atomic mass is 16.7. The van der Waals surface area contributed by atoms with Crippen LogP contribution >= 0.6 is 0 Å². The van der Waals surface area contributed by atoms with Crippen LogP contribution in [0.25, 0.3) is 0 Å². The molecule has 0 aromatic heterocycles. The Morgan fingerprint density at radius 2 is 0.885 bits per heavy atom. The van der Waals surface area contributed by atoms with Crippen LogP contribution in [0.1, 0.15) is 278 Å². The summed E-state index contributed by atoms with van der Waals surface area (Å²) in [5.41, 5.74) is 0. The van der Waals surface area contributed by atoms with Crippen LogP contribution in [-0.2, 0) is 23.8 Å². The fourth-order valence-electron chi connectivity index (χ4n) is 9.70. The van der Waals surface area contributed by atoms with Crippen LogP contribution in [0.5, 0.6) is 0 Å². The number of aliphatic hydroxyl groups excluding tert-OH is 5. The summed E-state index contributed by atoms with van der Waals surface area (Å²) in [6.07, 6.45) is 59.4. The summed E-state index contributed by atoms with van der Waals surface area (Å²) >= 11 is 0. The first-order valence-corrected chi connectivity index (χ1v) is 32.2. The van der Waals surface area contributed by atoms with Gasteiger partial charge >= 0.3 is 5.97 Å². The first-order chi connectivity index (χ1) is 38.2. The zero-order chi connectivity index (χ0) is 56.8. The molecule has 1 rings (SSSR count). The van der Waals surface area contributed by atoms with E-state index in [2.05, 4.69) is 80.8 Å². The van der Waals surface area contributed by atoms with E-state index in [-0.39, 0.29) is 19.4 Å². The molecule has 0 aromatic rings. The fourth-order valence-corrected chi connectivity index (χ4v) is 9.70. The van der Waals surface area contributed by atoms with Gasteiger partial charge < -0.3 is 45.1 Å². The van der Waals surface area contributed by atoms with E-state index < -0.39 is 67.4 Å². The van der Waals surface area contributed by atoms with Crippen LogP contribution in [0.4, 0.5) is 0 Å². The maximum atomic E-state index is 13.4. The van der Waals surface area contributed by atoms with E-state index in [1.165, 1.54) is 161 Å². The molecule has 1 saturated heterocycles. The normalized spacial score (nSPS) is 19.4. The quantitative estimate of drug-likeness (QED) is 0.0195. The monoisotopic (exact) mass is 1100 g/mol. The van der Waals surface area contributed by atoms with Crippen molar-refractivity contribution < 1.29 is 49.3 Å². The number of ether oxygens (including phenoxy) is 3. The summed E-state index contributed by atoms with van der Waals surface area (Å²) in [5, 5.41) is 57.0. The third-order valence-electron chi connectivity index (χ3n) is 14.8. The van der Waals surface area contributed by atoms with Crippen molar-refractivity contribution in [3.8, 4) is 0 Å². The van der Waals surface area contributed by atoms with Crippen LogP contribution in [0, 0.1) is 0 Å². The van der Waals surface area contributed by atoms with Crippen molar-refractivity contribution in [2.75, 3.05) is 13.2 Å². The van der Waals surface area contributed by atoms with E-state index in [9.17, 15) is 35.1 Å². The number of hydrogen-bond acceptors (Lipinski definition) is 10. The van der Waals surface area contributed by atoms with Gasteiger partial charge in [0.1, 0.15) is 24.4 Å². The molecule has 0 spiro atoms. The standard InChI is InChI=1S/C67H119NO10/c1-4-7-10-13-16-19-22-25-27-29-30-31-33-34-36-39-42-45-48-51-54-60(71)66(75)68-58(59(70)53-50-47-44-41-38-24-21-18-15-12-9-6-3)57-76-67-65(64(74)63(73)61(56-69)77-67)78-62(72)55-52-49-46-43-40-37-35-32-28-26-23-20-17-14-11-8-5-2/h17,20,25-28,35,37,43,46,50,53,58-61,63-65,67,69-71,73-74H,4-16,18-19,21-24,29-34,36,38-42,44-45,47-49,51-52,54-57H2,1-3H3,(H,68,75)/b20-17-,27-25+,28-26-,37-35-,46-43-,53-50+. The average molecular weight is 1100 g/mol. The molecule has 0 radical (unpaired) electrons. The van der Waals surface area contributed by atoms with Crippen molar-refractivity contribution in [1.82, 2.24) is 5.32 Å². The molecule has 8 atom stereocenters. The van der Waals surface area contributed by atoms with Gasteiger partial charge in [-0.3, -0.25) is 9.59 Å². The number of carbonyl (C=O) groups is 2. The van der Waals surface area contributed by atoms with Crippen molar-refractivity contribution in [3.05, 3.63) is 72.9 Å². The number of rotatable bonds is 54. The predicted octanol–water partition coefficient (Wildman–Crippen LogP) is 15.6. The maximum absolute atomic E-state index is 13.4. The van der Waals surface area contributed by atoms with Crippen LogP contribution in [0.3, 0.4) is 0 Å². The lowest BCUT2D eigenvalue weighted by Crippen LogP contribution is -2.61. The number of unbranched alkanes of at least 4 members (excludes halogenated alkanes) is 30. The lowest BCUT2D eigenvalue weighted by molar-refractivity contribution is -0.305. The minimum Gasteiger partial charge on any atom is -0.454 e. The molecule has 0 aromatic carbocycles. The Balaban J connectivity index is 2.69. The van der Waals surface area contributed by atoms with Gasteiger partial charge in [0.05, 0.1) is 25.4 Å². The van der Waals surface area contributed by atoms with Gasteiger partial charge in [0.2, 0.25) is 5.91 Å². The number of hydrogen-bond donors (Lipinski definition) is 6. The van der Waals surface area contributed by atoms with E-state index >= 15 is 0 Å². The van der Waals surface area contributed by atoms with E-state index in [1.807, 2.05) is 12.2 Å². The van der Waals surface area contributed by atoms with Gasteiger partial charge in [-0.15, -0.1) is 0 Å². The van der Waals surface area contributed by atoms with Crippen LogP contribution in [-0.4, -0.2) is 99.6 Å². The molecule has 1 amide bonds. The number of allylic oxidation sites excluding steroid dienone is 11. The lowest BCUT2D eigenvalue weighted by Gasteiger charge is -2.41. The Hall–Kier alpha value is -2.90.